The molecule has 0 radical (unpaired) electrons. The van der Waals surface area contributed by atoms with E-state index in [9.17, 15) is 0 Å². The van der Waals surface area contributed by atoms with Crippen LogP contribution in [-0.4, -0.2) is 63.1 Å². The molecule has 0 bridgehead atoms. The van der Waals surface area contributed by atoms with Gasteiger partial charge < -0.3 is 4.74 Å². The first-order chi connectivity index (χ1) is 11.9. The molecule has 3 aromatic heterocycles. The summed E-state index contributed by atoms with van der Waals surface area (Å²) in [6.45, 7) is 4.83. The van der Waals surface area contributed by atoms with Crippen LogP contribution in [0, 0.1) is 0 Å². The Morgan fingerprint density at radius 2 is 2.12 bits per heavy atom. The van der Waals surface area contributed by atoms with Gasteiger partial charge in [0.1, 0.15) is 11.2 Å². The average molecular weight is 361 g/mol. The SMILES string of the molecule is c1nc2sc3c(c2c2nnc(SCCN4CCOCC4)n12)CCC3. The molecule has 5 rings (SSSR count). The quantitative estimate of drug-likeness (QED) is 0.665. The molecule has 0 aromatic carbocycles. The molecular formula is C16H19N5OS2. The fourth-order valence-electron chi connectivity index (χ4n) is 3.56. The third kappa shape index (κ3) is 2.52. The van der Waals surface area contributed by atoms with E-state index in [0.29, 0.717) is 0 Å². The zero-order chi connectivity index (χ0) is 15.9. The Bertz CT molecular complexity index is 883. The van der Waals surface area contributed by atoms with Crippen molar-refractivity contribution >= 4 is 39.0 Å². The Labute approximate surface area is 148 Å². The van der Waals surface area contributed by atoms with Gasteiger partial charge in [-0.25, -0.2) is 4.98 Å². The van der Waals surface area contributed by atoms with Crippen molar-refractivity contribution in [2.24, 2.45) is 0 Å². The van der Waals surface area contributed by atoms with Gasteiger partial charge >= 0.3 is 0 Å². The number of rotatable bonds is 4. The van der Waals surface area contributed by atoms with Gasteiger partial charge in [-0.15, -0.1) is 21.5 Å². The Hall–Kier alpha value is -1.22. The second kappa shape index (κ2) is 6.25. The summed E-state index contributed by atoms with van der Waals surface area (Å²) >= 11 is 3.59. The number of hydrogen-bond donors (Lipinski definition) is 0. The minimum absolute atomic E-state index is 0.851. The van der Waals surface area contributed by atoms with E-state index in [-0.39, 0.29) is 0 Å². The Morgan fingerprint density at radius 1 is 1.21 bits per heavy atom. The fraction of sp³-hybridized carbons (Fsp3) is 0.562. The van der Waals surface area contributed by atoms with Crippen molar-refractivity contribution in [1.82, 2.24) is 24.5 Å². The number of nitrogens with zero attached hydrogens (tertiary/aromatic N) is 5. The van der Waals surface area contributed by atoms with Crippen molar-refractivity contribution in [3.8, 4) is 0 Å². The lowest BCUT2D eigenvalue weighted by atomic mass is 10.2. The zero-order valence-corrected chi connectivity index (χ0v) is 15.0. The average Bonchev–Trinajstić information content (AvgIpc) is 3.29. The van der Waals surface area contributed by atoms with Gasteiger partial charge in [0.2, 0.25) is 0 Å². The number of aromatic nitrogens is 4. The molecule has 0 atom stereocenters. The van der Waals surface area contributed by atoms with Gasteiger partial charge in [0.05, 0.1) is 18.6 Å². The topological polar surface area (TPSA) is 55.5 Å². The van der Waals surface area contributed by atoms with Gasteiger partial charge in [0, 0.05) is 30.3 Å². The van der Waals surface area contributed by atoms with Crippen LogP contribution >= 0.6 is 23.1 Å². The second-order valence-corrected chi connectivity index (χ2v) is 8.41. The molecule has 4 heterocycles. The van der Waals surface area contributed by atoms with Crippen molar-refractivity contribution in [3.63, 3.8) is 0 Å². The van der Waals surface area contributed by atoms with Crippen LogP contribution in [-0.2, 0) is 17.6 Å². The summed E-state index contributed by atoms with van der Waals surface area (Å²) in [7, 11) is 0. The van der Waals surface area contributed by atoms with Gasteiger partial charge in [-0.05, 0) is 24.8 Å². The van der Waals surface area contributed by atoms with Gasteiger partial charge in [-0.2, -0.15) is 0 Å². The first-order valence-corrected chi connectivity index (χ1v) is 10.3. The predicted molar refractivity (Wildman–Crippen MR) is 96.2 cm³/mol. The molecule has 3 aromatic rings. The molecule has 1 aliphatic carbocycles. The van der Waals surface area contributed by atoms with Crippen LogP contribution in [0.3, 0.4) is 0 Å². The van der Waals surface area contributed by atoms with Crippen LogP contribution in [0.5, 0.6) is 0 Å². The maximum Gasteiger partial charge on any atom is 0.196 e. The van der Waals surface area contributed by atoms with Crippen molar-refractivity contribution < 1.29 is 4.74 Å². The molecule has 0 amide bonds. The van der Waals surface area contributed by atoms with E-state index in [1.165, 1.54) is 28.7 Å². The van der Waals surface area contributed by atoms with Gasteiger partial charge in [-0.3, -0.25) is 9.30 Å². The first-order valence-electron chi connectivity index (χ1n) is 8.47. The molecule has 24 heavy (non-hydrogen) atoms. The van der Waals surface area contributed by atoms with Crippen molar-refractivity contribution in [1.29, 1.82) is 0 Å². The normalized spacial score (nSPS) is 18.7. The van der Waals surface area contributed by atoms with Crippen molar-refractivity contribution in [3.05, 3.63) is 16.8 Å². The standard InChI is InChI=1S/C16H19N5OS2/c1-2-11-12(3-1)24-15-13(11)14-18-19-16(21(14)10-17-15)23-9-6-20-4-7-22-8-5-20/h10H,1-9H2. The Kier molecular flexibility index (Phi) is 3.93. The highest BCUT2D eigenvalue weighted by atomic mass is 32.2. The van der Waals surface area contributed by atoms with Gasteiger partial charge in [-0.1, -0.05) is 11.8 Å². The highest BCUT2D eigenvalue weighted by Crippen LogP contribution is 2.38. The van der Waals surface area contributed by atoms with E-state index < -0.39 is 0 Å². The number of aryl methyl sites for hydroxylation is 2. The highest BCUT2D eigenvalue weighted by Gasteiger charge is 2.22. The zero-order valence-electron chi connectivity index (χ0n) is 13.4. The molecule has 8 heteroatoms. The van der Waals surface area contributed by atoms with Gasteiger partial charge in [0.15, 0.2) is 10.8 Å². The van der Waals surface area contributed by atoms with E-state index in [4.69, 9.17) is 4.74 Å². The van der Waals surface area contributed by atoms with Crippen LogP contribution in [0.25, 0.3) is 15.9 Å². The molecule has 2 aliphatic rings. The largest absolute Gasteiger partial charge is 0.379 e. The predicted octanol–water partition coefficient (Wildman–Crippen LogP) is 2.25. The summed E-state index contributed by atoms with van der Waals surface area (Å²) in [6.07, 6.45) is 5.49. The first kappa shape index (κ1) is 15.1. The summed E-state index contributed by atoms with van der Waals surface area (Å²) in [5.74, 6) is 1.01. The van der Waals surface area contributed by atoms with Crippen LogP contribution in [0.15, 0.2) is 11.5 Å². The molecule has 1 aliphatic heterocycles. The summed E-state index contributed by atoms with van der Waals surface area (Å²) in [5, 5.41) is 11.1. The summed E-state index contributed by atoms with van der Waals surface area (Å²) in [6, 6.07) is 0. The Morgan fingerprint density at radius 3 is 3.04 bits per heavy atom. The van der Waals surface area contributed by atoms with E-state index in [0.717, 1.165) is 60.7 Å². The van der Waals surface area contributed by atoms with Crippen LogP contribution in [0.2, 0.25) is 0 Å². The summed E-state index contributed by atoms with van der Waals surface area (Å²) in [4.78, 5) is 9.72. The van der Waals surface area contributed by atoms with E-state index in [2.05, 4.69) is 24.5 Å². The molecule has 6 nitrogen and oxygen atoms in total. The molecule has 0 saturated carbocycles. The van der Waals surface area contributed by atoms with Crippen molar-refractivity contribution in [2.45, 2.75) is 24.4 Å². The lowest BCUT2D eigenvalue weighted by molar-refractivity contribution is 0.0410. The maximum atomic E-state index is 5.40. The number of thiophene rings is 1. The lowest BCUT2D eigenvalue weighted by Crippen LogP contribution is -2.37. The number of fused-ring (bicyclic) bond motifs is 5. The monoisotopic (exact) mass is 361 g/mol. The number of thioether (sulfide) groups is 1. The molecule has 1 fully saturated rings. The highest BCUT2D eigenvalue weighted by molar-refractivity contribution is 7.99. The number of morpholine rings is 1. The van der Waals surface area contributed by atoms with Crippen molar-refractivity contribution in [2.75, 3.05) is 38.6 Å². The minimum atomic E-state index is 0.851. The van der Waals surface area contributed by atoms with Crippen LogP contribution in [0.4, 0.5) is 0 Å². The second-order valence-electron chi connectivity index (χ2n) is 6.26. The fourth-order valence-corrected chi connectivity index (χ4v) is 5.69. The third-order valence-corrected chi connectivity index (χ3v) is 6.95. The van der Waals surface area contributed by atoms with E-state index >= 15 is 0 Å². The Balaban J connectivity index is 1.40. The van der Waals surface area contributed by atoms with Crippen LogP contribution < -0.4 is 0 Å². The maximum absolute atomic E-state index is 5.40. The molecule has 1 saturated heterocycles. The molecule has 0 unspecified atom stereocenters. The molecule has 0 N–H and O–H groups in total. The number of hydrogen-bond acceptors (Lipinski definition) is 7. The smallest absolute Gasteiger partial charge is 0.196 e. The lowest BCUT2D eigenvalue weighted by Gasteiger charge is -2.26. The summed E-state index contributed by atoms with van der Waals surface area (Å²) in [5.41, 5.74) is 2.44. The third-order valence-electron chi connectivity index (χ3n) is 4.82. The molecular weight excluding hydrogens is 342 g/mol. The minimum Gasteiger partial charge on any atom is -0.379 e. The van der Waals surface area contributed by atoms with E-state index in [1.807, 2.05) is 17.7 Å². The van der Waals surface area contributed by atoms with Crippen LogP contribution in [0.1, 0.15) is 16.9 Å². The van der Waals surface area contributed by atoms with E-state index in [1.54, 1.807) is 11.8 Å². The van der Waals surface area contributed by atoms with Gasteiger partial charge in [0.25, 0.3) is 0 Å². The number of ether oxygens (including phenoxy) is 1. The molecule has 126 valence electrons. The molecule has 0 spiro atoms. The summed E-state index contributed by atoms with van der Waals surface area (Å²) < 4.78 is 7.46.